The molecule has 3 aromatic rings. The van der Waals surface area contributed by atoms with Gasteiger partial charge in [0.15, 0.2) is 0 Å². The molecule has 3 rings (SSSR count). The first-order chi connectivity index (χ1) is 9.20. The summed E-state index contributed by atoms with van der Waals surface area (Å²) in [6.45, 7) is -0.423. The van der Waals surface area contributed by atoms with Crippen LogP contribution in [0, 0.1) is 6.07 Å². The van der Waals surface area contributed by atoms with E-state index in [1.165, 1.54) is 10.8 Å². The summed E-state index contributed by atoms with van der Waals surface area (Å²) in [6, 6.07) is 27.2. The average Bonchev–Trinajstić information content (AvgIpc) is 2.89. The summed E-state index contributed by atoms with van der Waals surface area (Å²) in [5.74, 6) is 0. The zero-order valence-electron chi connectivity index (χ0n) is 10.1. The SMILES string of the molecule is [I][Ti]([I])[I].[c-]1ccccc1.c1ccc2[cH-]ccc2c1. The molecule has 0 nitrogen and oxygen atoms in total. The minimum absolute atomic E-state index is 0.423. The van der Waals surface area contributed by atoms with Crippen LogP contribution in [0.2, 0.25) is 0 Å². The molecule has 0 spiro atoms. The Hall–Kier alpha value is 0.954. The van der Waals surface area contributed by atoms with Gasteiger partial charge in [0, 0.05) is 0 Å². The zero-order valence-corrected chi connectivity index (χ0v) is 18.1. The van der Waals surface area contributed by atoms with E-state index in [9.17, 15) is 0 Å². The van der Waals surface area contributed by atoms with Gasteiger partial charge in [0.25, 0.3) is 0 Å². The number of hydrogen-bond donors (Lipinski definition) is 0. The van der Waals surface area contributed by atoms with Crippen LogP contribution in [-0.4, -0.2) is 0 Å². The summed E-state index contributed by atoms with van der Waals surface area (Å²) in [7, 11) is 0. The van der Waals surface area contributed by atoms with Crippen molar-refractivity contribution in [1.29, 1.82) is 0 Å². The topological polar surface area (TPSA) is 0 Å². The van der Waals surface area contributed by atoms with E-state index in [4.69, 9.17) is 0 Å². The summed E-state index contributed by atoms with van der Waals surface area (Å²) in [4.78, 5) is 0. The summed E-state index contributed by atoms with van der Waals surface area (Å²) in [5, 5.41) is 2.66. The standard InChI is InChI=1S/C9H7.C6H5.3HI.Ti/c1-2-5-9-7-3-6-8(9)4-1;1-2-4-6-5-3-1;;;;/h1-7H;1-5H;3*1H;/q2*-1;;;;+3/p-3. The van der Waals surface area contributed by atoms with Gasteiger partial charge in [0.05, 0.1) is 0 Å². The summed E-state index contributed by atoms with van der Waals surface area (Å²) >= 11 is 7.45. The van der Waals surface area contributed by atoms with Crippen LogP contribution in [-0.2, 0) is 6.63 Å². The van der Waals surface area contributed by atoms with Crippen LogP contribution in [0.15, 0.2) is 72.8 Å². The van der Waals surface area contributed by atoms with Crippen molar-refractivity contribution < 1.29 is 6.63 Å². The maximum absolute atomic E-state index is 2.89. The van der Waals surface area contributed by atoms with Crippen LogP contribution < -0.4 is 0 Å². The minimum atomic E-state index is -0.423. The van der Waals surface area contributed by atoms with Gasteiger partial charge in [-0.2, -0.15) is 53.9 Å². The zero-order chi connectivity index (χ0) is 13.9. The second-order valence-electron chi connectivity index (χ2n) is 3.45. The first-order valence-corrected chi connectivity index (χ1v) is 20.7. The van der Waals surface area contributed by atoms with Crippen molar-refractivity contribution in [2.45, 2.75) is 0 Å². The fourth-order valence-electron chi connectivity index (χ4n) is 1.41. The van der Waals surface area contributed by atoms with E-state index in [0.717, 1.165) is 0 Å². The Kier molecular flexibility index (Phi) is 11.0. The summed E-state index contributed by atoms with van der Waals surface area (Å²) < 4.78 is 0. The summed E-state index contributed by atoms with van der Waals surface area (Å²) in [6.07, 6.45) is 0. The Balaban J connectivity index is 0.000000158. The van der Waals surface area contributed by atoms with E-state index < -0.39 is 6.63 Å². The number of benzene rings is 2. The Labute approximate surface area is 151 Å². The van der Waals surface area contributed by atoms with Crippen LogP contribution in [0.25, 0.3) is 10.8 Å². The molecule has 0 saturated carbocycles. The molecule has 0 heterocycles. The van der Waals surface area contributed by atoms with Gasteiger partial charge in [-0.1, -0.05) is 6.07 Å². The second kappa shape index (κ2) is 11.6. The van der Waals surface area contributed by atoms with Gasteiger partial charge in [-0.05, 0) is 0 Å². The van der Waals surface area contributed by atoms with E-state index in [0.29, 0.717) is 0 Å². The minimum Gasteiger partial charge on any atom is -0.184 e. The molecule has 0 aliphatic carbocycles. The van der Waals surface area contributed by atoms with Crippen molar-refractivity contribution in [2.75, 3.05) is 0 Å². The van der Waals surface area contributed by atoms with Gasteiger partial charge in [-0.3, -0.25) is 0 Å². The molecule has 0 amide bonds. The first-order valence-electron chi connectivity index (χ1n) is 5.55. The van der Waals surface area contributed by atoms with Crippen LogP contribution in [0.4, 0.5) is 0 Å². The molecule has 0 N–H and O–H groups in total. The van der Waals surface area contributed by atoms with Crippen molar-refractivity contribution >= 4 is 68.3 Å². The van der Waals surface area contributed by atoms with Crippen molar-refractivity contribution in [1.82, 2.24) is 0 Å². The molecule has 0 radical (unpaired) electrons. The molecule has 4 heteroatoms. The van der Waals surface area contributed by atoms with Gasteiger partial charge in [0.2, 0.25) is 0 Å². The van der Waals surface area contributed by atoms with Crippen molar-refractivity contribution in [3.05, 3.63) is 78.9 Å². The Morgan fingerprint density at radius 3 is 1.95 bits per heavy atom. The smallest absolute Gasteiger partial charge is 0.0809 e. The third-order valence-electron chi connectivity index (χ3n) is 2.15. The molecular formula is C15H12I3Ti-2. The number of hydrogen-bond acceptors (Lipinski definition) is 0. The fraction of sp³-hybridized carbons (Fsp3) is 0. The van der Waals surface area contributed by atoms with Gasteiger partial charge in [-0.15, -0.1) is 29.7 Å². The Morgan fingerprint density at radius 2 is 1.47 bits per heavy atom. The van der Waals surface area contributed by atoms with Gasteiger partial charge >= 0.3 is 64.2 Å². The van der Waals surface area contributed by atoms with Gasteiger partial charge < -0.3 is 0 Å². The van der Waals surface area contributed by atoms with E-state index >= 15 is 0 Å². The first kappa shape index (κ1) is 18.0. The molecule has 3 aromatic carbocycles. The van der Waals surface area contributed by atoms with E-state index in [1.807, 2.05) is 30.3 Å². The molecule has 0 fully saturated rings. The van der Waals surface area contributed by atoms with Gasteiger partial charge in [-0.25, -0.2) is 0 Å². The van der Waals surface area contributed by atoms with E-state index in [1.54, 1.807) is 0 Å². The molecule has 0 unspecified atom stereocenters. The van der Waals surface area contributed by atoms with Crippen molar-refractivity contribution in [2.24, 2.45) is 0 Å². The Morgan fingerprint density at radius 1 is 0.842 bits per heavy atom. The monoisotopic (exact) mass is 621 g/mol. The van der Waals surface area contributed by atoms with Crippen LogP contribution in [0.1, 0.15) is 0 Å². The Bertz CT molecular complexity index is 490. The molecule has 0 bridgehead atoms. The quantitative estimate of drug-likeness (QED) is 0.149. The maximum Gasteiger partial charge on any atom is -0.0809 e. The molecule has 0 atom stereocenters. The number of fused-ring (bicyclic) bond motifs is 1. The third-order valence-corrected chi connectivity index (χ3v) is 2.15. The predicted molar refractivity (Wildman–Crippen MR) is 107 cm³/mol. The van der Waals surface area contributed by atoms with E-state index in [-0.39, 0.29) is 0 Å². The van der Waals surface area contributed by atoms with Crippen LogP contribution >= 0.6 is 57.6 Å². The molecule has 0 saturated heterocycles. The number of halogens is 3. The molecule has 99 valence electrons. The van der Waals surface area contributed by atoms with E-state index in [2.05, 4.69) is 106 Å². The van der Waals surface area contributed by atoms with Crippen LogP contribution in [0.3, 0.4) is 0 Å². The summed E-state index contributed by atoms with van der Waals surface area (Å²) in [5.41, 5.74) is 0. The molecule has 0 aliphatic rings. The third kappa shape index (κ3) is 9.50. The molecule has 0 aromatic heterocycles. The maximum atomic E-state index is 2.89. The molecule has 19 heavy (non-hydrogen) atoms. The second-order valence-corrected chi connectivity index (χ2v) is 43.0. The predicted octanol–water partition coefficient (Wildman–Crippen LogP) is 6.70. The largest absolute Gasteiger partial charge is 0.184 e. The van der Waals surface area contributed by atoms with Gasteiger partial charge in [0.1, 0.15) is 0 Å². The van der Waals surface area contributed by atoms with Crippen LogP contribution in [0.5, 0.6) is 0 Å². The van der Waals surface area contributed by atoms with Crippen molar-refractivity contribution in [3.8, 4) is 0 Å². The van der Waals surface area contributed by atoms with Crippen molar-refractivity contribution in [3.63, 3.8) is 0 Å². The normalized spacial score (nSPS) is 8.79. The molecular weight excluding hydrogens is 609 g/mol. The fourth-order valence-corrected chi connectivity index (χ4v) is 1.41. The molecule has 0 aliphatic heterocycles. The number of rotatable bonds is 0. The average molecular weight is 621 g/mol.